The van der Waals surface area contributed by atoms with Gasteiger partial charge in [-0.3, -0.25) is 14.9 Å². The maximum atomic E-state index is 13.1. The Labute approximate surface area is 209 Å². The largest absolute Gasteiger partial charge is 0.378 e. The average Bonchev–Trinajstić information content (AvgIpc) is 3.38. The van der Waals surface area contributed by atoms with E-state index in [1.54, 1.807) is 6.20 Å². The lowest BCUT2D eigenvalue weighted by Gasteiger charge is -2.28. The molecule has 0 unspecified atom stereocenters. The van der Waals surface area contributed by atoms with Crippen LogP contribution in [0.15, 0.2) is 55.0 Å². The lowest BCUT2D eigenvalue weighted by atomic mass is 10.0. The third-order valence-corrected chi connectivity index (χ3v) is 6.90. The predicted octanol–water partition coefficient (Wildman–Crippen LogP) is 4.10. The fourth-order valence-corrected chi connectivity index (χ4v) is 4.91. The Morgan fingerprint density at radius 2 is 1.75 bits per heavy atom. The number of aromatic amines is 1. The molecule has 184 valence electrons. The van der Waals surface area contributed by atoms with Gasteiger partial charge in [-0.15, -0.1) is 0 Å². The van der Waals surface area contributed by atoms with Gasteiger partial charge in [0.25, 0.3) is 5.91 Å². The van der Waals surface area contributed by atoms with Crippen molar-refractivity contribution in [2.24, 2.45) is 0 Å². The topological polar surface area (TPSA) is 99.3 Å². The number of nitrogens with zero attached hydrogens (tertiary/aromatic N) is 5. The van der Waals surface area contributed by atoms with Crippen LogP contribution in [0.1, 0.15) is 29.8 Å². The fraction of sp³-hybridized carbons (Fsp3) is 0.333. The first kappa shape index (κ1) is 22.5. The van der Waals surface area contributed by atoms with Crippen molar-refractivity contribution < 1.29 is 9.53 Å². The molecule has 36 heavy (non-hydrogen) atoms. The summed E-state index contributed by atoms with van der Waals surface area (Å²) in [6, 6.07) is 12.0. The van der Waals surface area contributed by atoms with E-state index in [2.05, 4.69) is 41.3 Å². The standard InChI is InChI=1S/C27H29N7O2/c35-27(30-21-5-7-25(29-17-21)34-10-12-36-13-11-34)26-23-15-19(4-6-24(23)31-32-26)20-14-22(18-28-16-20)33-8-2-1-3-9-33/h4-7,14-18H,1-3,8-13H2,(H,30,35)(H,31,32). The Bertz CT molecular complexity index is 1360. The molecular weight excluding hydrogens is 454 g/mol. The van der Waals surface area contributed by atoms with Crippen LogP contribution in [0.4, 0.5) is 17.2 Å². The molecule has 0 saturated carbocycles. The molecule has 2 aliphatic heterocycles. The van der Waals surface area contributed by atoms with Gasteiger partial charge in [0.05, 0.1) is 42.5 Å². The molecule has 0 spiro atoms. The number of piperidine rings is 1. The highest BCUT2D eigenvalue weighted by molar-refractivity contribution is 6.11. The second kappa shape index (κ2) is 9.94. The maximum absolute atomic E-state index is 13.1. The normalized spacial score (nSPS) is 16.3. The van der Waals surface area contributed by atoms with E-state index in [9.17, 15) is 4.79 Å². The smallest absolute Gasteiger partial charge is 0.276 e. The summed E-state index contributed by atoms with van der Waals surface area (Å²) in [7, 11) is 0. The van der Waals surface area contributed by atoms with E-state index in [1.807, 2.05) is 42.7 Å². The lowest BCUT2D eigenvalue weighted by Crippen LogP contribution is -2.36. The first-order valence-corrected chi connectivity index (χ1v) is 12.5. The summed E-state index contributed by atoms with van der Waals surface area (Å²) >= 11 is 0. The highest BCUT2D eigenvalue weighted by Gasteiger charge is 2.17. The van der Waals surface area contributed by atoms with Crippen LogP contribution < -0.4 is 15.1 Å². The third kappa shape index (κ3) is 4.61. The number of ether oxygens (including phenoxy) is 1. The van der Waals surface area contributed by atoms with Crippen LogP contribution in [0, 0.1) is 0 Å². The number of fused-ring (bicyclic) bond motifs is 1. The van der Waals surface area contributed by atoms with Crippen molar-refractivity contribution in [2.45, 2.75) is 19.3 Å². The molecule has 2 saturated heterocycles. The maximum Gasteiger partial charge on any atom is 0.276 e. The Morgan fingerprint density at radius 3 is 2.56 bits per heavy atom. The quantitative estimate of drug-likeness (QED) is 0.441. The molecule has 0 bridgehead atoms. The van der Waals surface area contributed by atoms with Crippen molar-refractivity contribution in [3.8, 4) is 11.1 Å². The third-order valence-electron chi connectivity index (χ3n) is 6.90. The number of pyridine rings is 2. The second-order valence-electron chi connectivity index (χ2n) is 9.27. The van der Waals surface area contributed by atoms with Gasteiger partial charge < -0.3 is 19.9 Å². The summed E-state index contributed by atoms with van der Waals surface area (Å²) in [6.45, 7) is 5.17. The summed E-state index contributed by atoms with van der Waals surface area (Å²) < 4.78 is 5.40. The number of carbonyl (C=O) groups excluding carboxylic acids is 1. The van der Waals surface area contributed by atoms with E-state index in [-0.39, 0.29) is 5.91 Å². The van der Waals surface area contributed by atoms with Crippen LogP contribution in [0.25, 0.3) is 22.0 Å². The Morgan fingerprint density at radius 1 is 0.889 bits per heavy atom. The predicted molar refractivity (Wildman–Crippen MR) is 141 cm³/mol. The summed E-state index contributed by atoms with van der Waals surface area (Å²) in [4.78, 5) is 26.7. The molecule has 0 atom stereocenters. The summed E-state index contributed by atoms with van der Waals surface area (Å²) in [6.07, 6.45) is 9.21. The van der Waals surface area contributed by atoms with Crippen molar-refractivity contribution in [1.29, 1.82) is 0 Å². The van der Waals surface area contributed by atoms with Crippen molar-refractivity contribution in [1.82, 2.24) is 20.2 Å². The van der Waals surface area contributed by atoms with E-state index < -0.39 is 0 Å². The van der Waals surface area contributed by atoms with Crippen LogP contribution in [-0.2, 0) is 4.74 Å². The van der Waals surface area contributed by atoms with Gasteiger partial charge in [0.15, 0.2) is 5.69 Å². The molecule has 9 nitrogen and oxygen atoms in total. The first-order valence-electron chi connectivity index (χ1n) is 12.5. The number of amides is 1. The minimum absolute atomic E-state index is 0.278. The minimum atomic E-state index is -0.278. The van der Waals surface area contributed by atoms with Gasteiger partial charge in [0, 0.05) is 43.3 Å². The number of benzene rings is 1. The first-order chi connectivity index (χ1) is 17.7. The van der Waals surface area contributed by atoms with Gasteiger partial charge in [0.2, 0.25) is 0 Å². The highest BCUT2D eigenvalue weighted by Crippen LogP contribution is 2.29. The van der Waals surface area contributed by atoms with Gasteiger partial charge in [-0.1, -0.05) is 6.07 Å². The number of carbonyl (C=O) groups is 1. The van der Waals surface area contributed by atoms with Crippen LogP contribution in [0.2, 0.25) is 0 Å². The van der Waals surface area contributed by atoms with E-state index in [4.69, 9.17) is 4.74 Å². The number of nitrogens with one attached hydrogen (secondary N) is 2. The van der Waals surface area contributed by atoms with E-state index in [1.165, 1.54) is 19.3 Å². The SMILES string of the molecule is O=C(Nc1ccc(N2CCOCC2)nc1)c1n[nH]c2ccc(-c3cncc(N4CCCCC4)c3)cc12. The molecule has 0 radical (unpaired) electrons. The number of hydrogen-bond acceptors (Lipinski definition) is 7. The Kier molecular flexibility index (Phi) is 6.21. The van der Waals surface area contributed by atoms with Gasteiger partial charge in [-0.2, -0.15) is 5.10 Å². The molecule has 2 N–H and O–H groups in total. The summed E-state index contributed by atoms with van der Waals surface area (Å²) in [5.41, 5.74) is 4.96. The molecule has 3 aromatic heterocycles. The number of morpholine rings is 1. The van der Waals surface area contributed by atoms with Crippen molar-refractivity contribution in [3.05, 3.63) is 60.7 Å². The highest BCUT2D eigenvalue weighted by atomic mass is 16.5. The molecular formula is C27H29N7O2. The number of aromatic nitrogens is 4. The van der Waals surface area contributed by atoms with E-state index in [0.717, 1.165) is 59.7 Å². The molecule has 6 rings (SSSR count). The zero-order valence-corrected chi connectivity index (χ0v) is 20.1. The average molecular weight is 484 g/mol. The fourth-order valence-electron chi connectivity index (χ4n) is 4.91. The molecule has 2 aliphatic rings. The summed E-state index contributed by atoms with van der Waals surface area (Å²) in [5, 5.41) is 11.0. The molecule has 2 fully saturated rings. The minimum Gasteiger partial charge on any atom is -0.378 e. The second-order valence-corrected chi connectivity index (χ2v) is 9.27. The van der Waals surface area contributed by atoms with Gasteiger partial charge in [0.1, 0.15) is 5.82 Å². The van der Waals surface area contributed by atoms with Crippen molar-refractivity contribution in [3.63, 3.8) is 0 Å². The van der Waals surface area contributed by atoms with Crippen LogP contribution in [0.3, 0.4) is 0 Å². The van der Waals surface area contributed by atoms with Gasteiger partial charge in [-0.25, -0.2) is 4.98 Å². The monoisotopic (exact) mass is 483 g/mol. The van der Waals surface area contributed by atoms with Gasteiger partial charge >= 0.3 is 0 Å². The molecule has 9 heteroatoms. The van der Waals surface area contributed by atoms with E-state index >= 15 is 0 Å². The summed E-state index contributed by atoms with van der Waals surface area (Å²) in [5.74, 6) is 0.603. The molecule has 1 aromatic carbocycles. The molecule has 4 aromatic rings. The molecule has 1 amide bonds. The number of H-pyrrole nitrogens is 1. The Balaban J connectivity index is 1.22. The molecule has 0 aliphatic carbocycles. The van der Waals surface area contributed by atoms with Crippen LogP contribution >= 0.6 is 0 Å². The van der Waals surface area contributed by atoms with Crippen LogP contribution in [-0.4, -0.2) is 65.5 Å². The van der Waals surface area contributed by atoms with Crippen LogP contribution in [0.5, 0.6) is 0 Å². The van der Waals surface area contributed by atoms with Gasteiger partial charge in [-0.05, 0) is 55.2 Å². The Hall–Kier alpha value is -3.98. The lowest BCUT2D eigenvalue weighted by molar-refractivity contribution is 0.102. The number of hydrogen-bond donors (Lipinski definition) is 2. The van der Waals surface area contributed by atoms with E-state index in [0.29, 0.717) is 24.6 Å². The van der Waals surface area contributed by atoms with Crippen molar-refractivity contribution >= 4 is 34.0 Å². The van der Waals surface area contributed by atoms with Crippen molar-refractivity contribution in [2.75, 3.05) is 54.5 Å². The number of rotatable bonds is 5. The molecule has 5 heterocycles. The number of anilines is 3. The zero-order valence-electron chi connectivity index (χ0n) is 20.1. The zero-order chi connectivity index (χ0) is 24.3.